The Kier molecular flexibility index (Phi) is 6.52. The second kappa shape index (κ2) is 8.40. The predicted octanol–water partition coefficient (Wildman–Crippen LogP) is 3.77. The summed E-state index contributed by atoms with van der Waals surface area (Å²) < 4.78 is 11.5. The van der Waals surface area contributed by atoms with Crippen molar-refractivity contribution < 1.29 is 9.47 Å². The zero-order valence-electron chi connectivity index (χ0n) is 13.6. The molecular formula is C18H29NO2. The van der Waals surface area contributed by atoms with E-state index in [1.807, 2.05) is 6.07 Å². The van der Waals surface area contributed by atoms with Gasteiger partial charge < -0.3 is 14.8 Å². The maximum absolute atomic E-state index is 6.30. The van der Waals surface area contributed by atoms with Crippen molar-refractivity contribution in [3.05, 3.63) is 29.8 Å². The fourth-order valence-corrected chi connectivity index (χ4v) is 3.07. The number of hydrogen-bond acceptors (Lipinski definition) is 3. The first-order valence-corrected chi connectivity index (χ1v) is 8.20. The van der Waals surface area contributed by atoms with Crippen molar-refractivity contribution in [2.45, 2.75) is 58.3 Å². The van der Waals surface area contributed by atoms with Crippen LogP contribution in [0.3, 0.4) is 0 Å². The molecule has 3 heteroatoms. The van der Waals surface area contributed by atoms with Crippen molar-refractivity contribution in [2.24, 2.45) is 5.92 Å². The molecule has 0 heterocycles. The Morgan fingerprint density at radius 3 is 2.90 bits per heavy atom. The maximum atomic E-state index is 6.30. The van der Waals surface area contributed by atoms with Crippen molar-refractivity contribution in [1.82, 2.24) is 5.32 Å². The summed E-state index contributed by atoms with van der Waals surface area (Å²) in [6, 6.07) is 8.75. The van der Waals surface area contributed by atoms with Crippen LogP contribution in [0.1, 0.15) is 45.1 Å². The molecule has 0 bridgehead atoms. The summed E-state index contributed by atoms with van der Waals surface area (Å²) in [7, 11) is 1.72. The number of nitrogens with one attached hydrogen (secondary N) is 1. The molecule has 1 aromatic rings. The minimum absolute atomic E-state index is 0.276. The van der Waals surface area contributed by atoms with Crippen LogP contribution in [0.2, 0.25) is 0 Å². The number of benzene rings is 1. The van der Waals surface area contributed by atoms with Gasteiger partial charge in [0.2, 0.25) is 0 Å². The SMILES string of the molecule is CCCNC1CCC(C)CC1Oc1cccc(COC)c1. The fourth-order valence-electron chi connectivity index (χ4n) is 3.07. The van der Waals surface area contributed by atoms with Gasteiger partial charge in [-0.15, -0.1) is 0 Å². The van der Waals surface area contributed by atoms with Gasteiger partial charge in [-0.1, -0.05) is 26.0 Å². The molecule has 0 spiro atoms. The predicted molar refractivity (Wildman–Crippen MR) is 86.7 cm³/mol. The largest absolute Gasteiger partial charge is 0.489 e. The van der Waals surface area contributed by atoms with Crippen LogP contribution in [0.4, 0.5) is 0 Å². The molecule has 1 aromatic carbocycles. The second-order valence-electron chi connectivity index (χ2n) is 6.22. The number of methoxy groups -OCH3 is 1. The van der Waals surface area contributed by atoms with E-state index in [2.05, 4.69) is 37.4 Å². The van der Waals surface area contributed by atoms with Crippen LogP contribution < -0.4 is 10.1 Å². The van der Waals surface area contributed by atoms with Crippen LogP contribution >= 0.6 is 0 Å². The van der Waals surface area contributed by atoms with Gasteiger partial charge in [0.15, 0.2) is 0 Å². The highest BCUT2D eigenvalue weighted by atomic mass is 16.5. The van der Waals surface area contributed by atoms with Gasteiger partial charge >= 0.3 is 0 Å². The molecule has 0 aromatic heterocycles. The van der Waals surface area contributed by atoms with Crippen LogP contribution in [0.25, 0.3) is 0 Å². The first-order valence-electron chi connectivity index (χ1n) is 8.20. The van der Waals surface area contributed by atoms with Gasteiger partial charge in [0, 0.05) is 13.2 Å². The van der Waals surface area contributed by atoms with Gasteiger partial charge in [0.25, 0.3) is 0 Å². The third-order valence-electron chi connectivity index (χ3n) is 4.21. The van der Waals surface area contributed by atoms with Crippen LogP contribution in [-0.2, 0) is 11.3 Å². The van der Waals surface area contributed by atoms with Gasteiger partial charge in [-0.2, -0.15) is 0 Å². The third kappa shape index (κ3) is 5.01. The molecule has 1 fully saturated rings. The Morgan fingerprint density at radius 1 is 1.29 bits per heavy atom. The summed E-state index contributed by atoms with van der Waals surface area (Å²) in [5.41, 5.74) is 1.16. The van der Waals surface area contributed by atoms with E-state index in [1.54, 1.807) is 7.11 Å². The summed E-state index contributed by atoms with van der Waals surface area (Å²) in [5.74, 6) is 1.71. The minimum atomic E-state index is 0.276. The van der Waals surface area contributed by atoms with E-state index >= 15 is 0 Å². The van der Waals surface area contributed by atoms with Crippen LogP contribution in [0.5, 0.6) is 5.75 Å². The van der Waals surface area contributed by atoms with Gasteiger partial charge in [-0.25, -0.2) is 0 Å². The first kappa shape index (κ1) is 16.3. The molecular weight excluding hydrogens is 262 g/mol. The highest BCUT2D eigenvalue weighted by molar-refractivity contribution is 5.28. The lowest BCUT2D eigenvalue weighted by Crippen LogP contribution is -2.47. The number of hydrogen-bond donors (Lipinski definition) is 1. The molecule has 1 saturated carbocycles. The van der Waals surface area contributed by atoms with Crippen molar-refractivity contribution in [2.75, 3.05) is 13.7 Å². The monoisotopic (exact) mass is 291 g/mol. The van der Waals surface area contributed by atoms with Crippen molar-refractivity contribution in [3.8, 4) is 5.75 Å². The van der Waals surface area contributed by atoms with Crippen molar-refractivity contribution in [3.63, 3.8) is 0 Å². The lowest BCUT2D eigenvalue weighted by Gasteiger charge is -2.35. The van der Waals surface area contributed by atoms with Gasteiger partial charge in [0.1, 0.15) is 11.9 Å². The molecule has 0 aliphatic heterocycles. The summed E-state index contributed by atoms with van der Waals surface area (Å²) in [6.07, 6.45) is 5.09. The molecule has 0 radical (unpaired) electrons. The minimum Gasteiger partial charge on any atom is -0.489 e. The molecule has 3 nitrogen and oxygen atoms in total. The molecule has 1 N–H and O–H groups in total. The van der Waals surface area contributed by atoms with E-state index in [0.717, 1.165) is 30.2 Å². The maximum Gasteiger partial charge on any atom is 0.120 e. The smallest absolute Gasteiger partial charge is 0.120 e. The second-order valence-corrected chi connectivity index (χ2v) is 6.22. The van der Waals surface area contributed by atoms with Crippen LogP contribution in [-0.4, -0.2) is 25.8 Å². The molecule has 118 valence electrons. The molecule has 0 amide bonds. The Balaban J connectivity index is 2.01. The lowest BCUT2D eigenvalue weighted by molar-refractivity contribution is 0.0905. The zero-order chi connectivity index (χ0) is 15.1. The van der Waals surface area contributed by atoms with Gasteiger partial charge in [0.05, 0.1) is 6.61 Å². The highest BCUT2D eigenvalue weighted by Crippen LogP contribution is 2.28. The molecule has 3 unspecified atom stereocenters. The summed E-state index contributed by atoms with van der Waals surface area (Å²) in [5, 5.41) is 3.65. The van der Waals surface area contributed by atoms with Gasteiger partial charge in [-0.05, 0) is 55.8 Å². The number of rotatable bonds is 7. The highest BCUT2D eigenvalue weighted by Gasteiger charge is 2.29. The third-order valence-corrected chi connectivity index (χ3v) is 4.21. The zero-order valence-corrected chi connectivity index (χ0v) is 13.6. The van der Waals surface area contributed by atoms with E-state index in [-0.39, 0.29) is 6.10 Å². The Labute approximate surface area is 129 Å². The molecule has 0 saturated heterocycles. The average Bonchev–Trinajstić information content (AvgIpc) is 2.47. The van der Waals surface area contributed by atoms with Crippen molar-refractivity contribution in [1.29, 1.82) is 0 Å². The first-order chi connectivity index (χ1) is 10.2. The summed E-state index contributed by atoms with van der Waals surface area (Å²) in [4.78, 5) is 0. The average molecular weight is 291 g/mol. The standard InChI is InChI=1S/C18H29NO2/c1-4-10-19-17-9-8-14(2)11-18(17)21-16-7-5-6-15(12-16)13-20-3/h5-7,12,14,17-19H,4,8-11,13H2,1-3H3. The molecule has 1 aliphatic carbocycles. The van der Waals surface area contributed by atoms with E-state index in [4.69, 9.17) is 9.47 Å². The normalized spacial score (nSPS) is 25.8. The van der Waals surface area contributed by atoms with Crippen molar-refractivity contribution >= 4 is 0 Å². The molecule has 3 atom stereocenters. The summed E-state index contributed by atoms with van der Waals surface area (Å²) in [6.45, 7) is 6.24. The lowest BCUT2D eigenvalue weighted by atomic mass is 9.85. The van der Waals surface area contributed by atoms with E-state index < -0.39 is 0 Å². The van der Waals surface area contributed by atoms with Crippen LogP contribution in [0.15, 0.2) is 24.3 Å². The topological polar surface area (TPSA) is 30.5 Å². The molecule has 1 aliphatic rings. The van der Waals surface area contributed by atoms with E-state index in [0.29, 0.717) is 12.6 Å². The fraction of sp³-hybridized carbons (Fsp3) is 0.667. The number of ether oxygens (including phenoxy) is 2. The Morgan fingerprint density at radius 2 is 2.14 bits per heavy atom. The molecule has 21 heavy (non-hydrogen) atoms. The Bertz CT molecular complexity index is 419. The van der Waals surface area contributed by atoms with Crippen LogP contribution in [0, 0.1) is 5.92 Å². The quantitative estimate of drug-likeness (QED) is 0.829. The molecule has 2 rings (SSSR count). The van der Waals surface area contributed by atoms with Gasteiger partial charge in [-0.3, -0.25) is 0 Å². The summed E-state index contributed by atoms with van der Waals surface area (Å²) >= 11 is 0. The van der Waals surface area contributed by atoms with E-state index in [1.165, 1.54) is 19.3 Å². The Hall–Kier alpha value is -1.06. The van der Waals surface area contributed by atoms with E-state index in [9.17, 15) is 0 Å².